The molecular weight excluding hydrogens is 335 g/mol. The largest absolute Gasteiger partial charge is 0.207 e. The van der Waals surface area contributed by atoms with Crippen LogP contribution in [0.15, 0.2) is 53.0 Å². The van der Waals surface area contributed by atoms with Gasteiger partial charge in [0.2, 0.25) is 0 Å². The lowest BCUT2D eigenvalue weighted by molar-refractivity contribution is 0.625. The van der Waals surface area contributed by atoms with Crippen LogP contribution in [0.2, 0.25) is 0 Å². The van der Waals surface area contributed by atoms with Gasteiger partial charge in [-0.1, -0.05) is 62.2 Å². The summed E-state index contributed by atoms with van der Waals surface area (Å²) in [4.78, 5) is -0.00113. The van der Waals surface area contributed by atoms with Crippen LogP contribution in [-0.4, -0.2) is 0 Å². The van der Waals surface area contributed by atoms with E-state index in [1.165, 1.54) is 12.1 Å². The van der Waals surface area contributed by atoms with Crippen LogP contribution in [-0.2, 0) is 0 Å². The van der Waals surface area contributed by atoms with Gasteiger partial charge < -0.3 is 0 Å². The molecule has 0 aromatic heterocycles. The lowest BCUT2D eigenvalue weighted by Gasteiger charge is -2.12. The molecule has 1 atom stereocenters. The Hall–Kier alpha value is -0.670. The highest BCUT2D eigenvalue weighted by atomic mass is 79.9. The lowest BCUT2D eigenvalue weighted by atomic mass is 10.1. The third-order valence-corrected chi connectivity index (χ3v) is 4.07. The first-order valence-corrected chi connectivity index (χ1v) is 6.53. The molecule has 1 unspecified atom stereocenters. The molecule has 0 aliphatic heterocycles. The van der Waals surface area contributed by atoms with Crippen LogP contribution >= 0.6 is 31.9 Å². The van der Waals surface area contributed by atoms with Crippen LogP contribution in [0, 0.1) is 5.82 Å². The van der Waals surface area contributed by atoms with Crippen molar-refractivity contribution < 1.29 is 4.39 Å². The maximum atomic E-state index is 13.2. The number of hydrogen-bond donors (Lipinski definition) is 0. The van der Waals surface area contributed by atoms with Gasteiger partial charge in [0.05, 0.1) is 4.83 Å². The molecule has 0 heterocycles. The molecule has 0 aliphatic carbocycles. The van der Waals surface area contributed by atoms with Crippen LogP contribution in [0.5, 0.6) is 0 Å². The minimum Gasteiger partial charge on any atom is -0.207 e. The molecule has 2 rings (SSSR count). The van der Waals surface area contributed by atoms with Crippen molar-refractivity contribution in [2.45, 2.75) is 4.83 Å². The van der Waals surface area contributed by atoms with Gasteiger partial charge >= 0.3 is 0 Å². The van der Waals surface area contributed by atoms with Gasteiger partial charge in [-0.2, -0.15) is 0 Å². The zero-order valence-electron chi connectivity index (χ0n) is 8.33. The topological polar surface area (TPSA) is 0 Å². The van der Waals surface area contributed by atoms with Crippen LogP contribution in [0.4, 0.5) is 4.39 Å². The van der Waals surface area contributed by atoms with Crippen molar-refractivity contribution in [3.05, 3.63) is 69.9 Å². The standard InChI is InChI=1S/C13H9Br2F/c14-12-7-6-10(16)8-11(12)13(15)9-4-2-1-3-5-9/h1-8,13H. The highest BCUT2D eigenvalue weighted by Gasteiger charge is 2.13. The second kappa shape index (κ2) is 5.11. The van der Waals surface area contributed by atoms with Crippen molar-refractivity contribution in [2.24, 2.45) is 0 Å². The monoisotopic (exact) mass is 342 g/mol. The second-order valence-electron chi connectivity index (χ2n) is 3.44. The molecule has 0 amide bonds. The summed E-state index contributed by atoms with van der Waals surface area (Å²) in [6.45, 7) is 0. The Kier molecular flexibility index (Phi) is 3.77. The van der Waals surface area contributed by atoms with E-state index in [1.54, 1.807) is 6.07 Å². The Bertz CT molecular complexity index is 483. The SMILES string of the molecule is Fc1ccc(Br)c(C(Br)c2ccccc2)c1. The van der Waals surface area contributed by atoms with E-state index in [2.05, 4.69) is 31.9 Å². The molecule has 0 spiro atoms. The highest BCUT2D eigenvalue weighted by Crippen LogP contribution is 2.35. The molecule has 3 heteroatoms. The fraction of sp³-hybridized carbons (Fsp3) is 0.0769. The van der Waals surface area contributed by atoms with E-state index in [0.717, 1.165) is 15.6 Å². The Morgan fingerprint density at radius 3 is 2.38 bits per heavy atom. The Morgan fingerprint density at radius 2 is 1.69 bits per heavy atom. The minimum absolute atomic E-state index is 0.00113. The van der Waals surface area contributed by atoms with Crippen molar-refractivity contribution in [1.82, 2.24) is 0 Å². The molecule has 0 bridgehead atoms. The zero-order chi connectivity index (χ0) is 11.5. The zero-order valence-corrected chi connectivity index (χ0v) is 11.5. The molecular formula is C13H9Br2F. The summed E-state index contributed by atoms with van der Waals surface area (Å²) in [5.41, 5.74) is 2.00. The molecule has 0 nitrogen and oxygen atoms in total. The quantitative estimate of drug-likeness (QED) is 0.667. The average molecular weight is 344 g/mol. The van der Waals surface area contributed by atoms with Crippen LogP contribution in [0.25, 0.3) is 0 Å². The van der Waals surface area contributed by atoms with Gasteiger partial charge in [-0.25, -0.2) is 4.39 Å². The first kappa shape index (κ1) is 11.8. The third kappa shape index (κ3) is 2.53. The van der Waals surface area contributed by atoms with Gasteiger partial charge in [0.25, 0.3) is 0 Å². The second-order valence-corrected chi connectivity index (χ2v) is 5.21. The fourth-order valence-electron chi connectivity index (χ4n) is 1.51. The highest BCUT2D eigenvalue weighted by molar-refractivity contribution is 9.11. The smallest absolute Gasteiger partial charge is 0.123 e. The number of alkyl halides is 1. The fourth-order valence-corrected chi connectivity index (χ4v) is 2.98. The number of hydrogen-bond acceptors (Lipinski definition) is 0. The van der Waals surface area contributed by atoms with Crippen molar-refractivity contribution in [1.29, 1.82) is 0 Å². The summed E-state index contributed by atoms with van der Waals surface area (Å²) < 4.78 is 14.1. The van der Waals surface area contributed by atoms with Gasteiger partial charge in [-0.05, 0) is 29.3 Å². The van der Waals surface area contributed by atoms with E-state index < -0.39 is 0 Å². The summed E-state index contributed by atoms with van der Waals surface area (Å²) >= 11 is 7.01. The number of halogens is 3. The van der Waals surface area contributed by atoms with Crippen molar-refractivity contribution in [3.8, 4) is 0 Å². The predicted octanol–water partition coefficient (Wildman–Crippen LogP) is 5.07. The first-order valence-electron chi connectivity index (χ1n) is 4.82. The van der Waals surface area contributed by atoms with E-state index in [4.69, 9.17) is 0 Å². The molecule has 0 fully saturated rings. The van der Waals surface area contributed by atoms with Gasteiger partial charge in [0, 0.05) is 4.47 Å². The van der Waals surface area contributed by atoms with Crippen LogP contribution in [0.3, 0.4) is 0 Å². The van der Waals surface area contributed by atoms with E-state index in [-0.39, 0.29) is 10.6 Å². The molecule has 82 valence electrons. The van der Waals surface area contributed by atoms with Crippen molar-refractivity contribution >= 4 is 31.9 Å². The predicted molar refractivity (Wildman–Crippen MR) is 71.3 cm³/mol. The number of benzene rings is 2. The Balaban J connectivity index is 2.41. The van der Waals surface area contributed by atoms with Crippen LogP contribution < -0.4 is 0 Å². The third-order valence-electron chi connectivity index (χ3n) is 2.32. The van der Waals surface area contributed by atoms with E-state index in [9.17, 15) is 4.39 Å². The molecule has 16 heavy (non-hydrogen) atoms. The summed E-state index contributed by atoms with van der Waals surface area (Å²) in [6.07, 6.45) is 0. The van der Waals surface area contributed by atoms with Crippen molar-refractivity contribution in [2.75, 3.05) is 0 Å². The van der Waals surface area contributed by atoms with Gasteiger partial charge in [0.15, 0.2) is 0 Å². The molecule has 0 saturated carbocycles. The molecule has 2 aromatic rings. The van der Waals surface area contributed by atoms with Gasteiger partial charge in [-0.15, -0.1) is 0 Å². The maximum Gasteiger partial charge on any atom is 0.123 e. The summed E-state index contributed by atoms with van der Waals surface area (Å²) in [6, 6.07) is 14.6. The molecule has 2 aromatic carbocycles. The first-order chi connectivity index (χ1) is 7.68. The normalized spacial score (nSPS) is 12.4. The summed E-state index contributed by atoms with van der Waals surface area (Å²) in [5, 5.41) is 0. The summed E-state index contributed by atoms with van der Waals surface area (Å²) in [7, 11) is 0. The van der Waals surface area contributed by atoms with E-state index in [0.29, 0.717) is 0 Å². The minimum atomic E-state index is -0.224. The summed E-state index contributed by atoms with van der Waals surface area (Å²) in [5.74, 6) is -0.224. The maximum absolute atomic E-state index is 13.2. The molecule has 0 radical (unpaired) electrons. The van der Waals surface area contributed by atoms with Crippen molar-refractivity contribution in [3.63, 3.8) is 0 Å². The van der Waals surface area contributed by atoms with Gasteiger partial charge in [-0.3, -0.25) is 0 Å². The number of rotatable bonds is 2. The van der Waals surface area contributed by atoms with E-state index in [1.807, 2.05) is 30.3 Å². The molecule has 0 N–H and O–H groups in total. The Labute approximate surface area is 111 Å². The molecule has 0 saturated heterocycles. The lowest BCUT2D eigenvalue weighted by Crippen LogP contribution is -1.94. The van der Waals surface area contributed by atoms with Crippen LogP contribution in [0.1, 0.15) is 16.0 Å². The van der Waals surface area contributed by atoms with Gasteiger partial charge in [0.1, 0.15) is 5.82 Å². The molecule has 0 aliphatic rings. The van der Waals surface area contributed by atoms with E-state index >= 15 is 0 Å². The average Bonchev–Trinajstić information content (AvgIpc) is 2.32. The Morgan fingerprint density at radius 1 is 1.00 bits per heavy atom.